The number of rotatable bonds is 4. The normalized spacial score (nSPS) is 22.6. The van der Waals surface area contributed by atoms with Crippen LogP contribution in [0.2, 0.25) is 0 Å². The van der Waals surface area contributed by atoms with Gasteiger partial charge in [-0.05, 0) is 68.7 Å². The van der Waals surface area contributed by atoms with Gasteiger partial charge in [0.2, 0.25) is 15.9 Å². The van der Waals surface area contributed by atoms with E-state index < -0.39 is 10.0 Å². The van der Waals surface area contributed by atoms with Gasteiger partial charge in [0.1, 0.15) is 0 Å². The van der Waals surface area contributed by atoms with E-state index in [1.807, 2.05) is 19.9 Å². The summed E-state index contributed by atoms with van der Waals surface area (Å²) in [5.41, 5.74) is 2.07. The lowest BCUT2D eigenvalue weighted by Gasteiger charge is -2.35. The first-order chi connectivity index (χ1) is 12.7. The Hall–Kier alpha value is -1.40. The van der Waals surface area contributed by atoms with Gasteiger partial charge in [-0.25, -0.2) is 8.42 Å². The summed E-state index contributed by atoms with van der Waals surface area (Å²) >= 11 is 0. The van der Waals surface area contributed by atoms with Crippen LogP contribution in [0.4, 0.5) is 0 Å². The van der Waals surface area contributed by atoms with Crippen LogP contribution >= 0.6 is 0 Å². The molecule has 0 N–H and O–H groups in total. The summed E-state index contributed by atoms with van der Waals surface area (Å²) in [6, 6.07) is 5.64. The Labute approximate surface area is 163 Å². The summed E-state index contributed by atoms with van der Waals surface area (Å²) in [6.07, 6.45) is 3.40. The standard InChI is InChI=1S/C21H32N2O3S/c1-15(2)20-6-5-11-23(20)21(24)18-9-12-22(13-10-18)27(25,26)19-8-7-16(3)17(4)14-19/h7-8,14-15,18,20H,5-6,9-13H2,1-4H3. The van der Waals surface area contributed by atoms with E-state index >= 15 is 0 Å². The molecule has 0 aliphatic carbocycles. The third-order valence-corrected chi connectivity index (χ3v) is 8.17. The minimum absolute atomic E-state index is 0.0458. The smallest absolute Gasteiger partial charge is 0.243 e. The van der Waals surface area contributed by atoms with Gasteiger partial charge in [0.15, 0.2) is 0 Å². The van der Waals surface area contributed by atoms with Gasteiger partial charge in [0.05, 0.1) is 4.90 Å². The van der Waals surface area contributed by atoms with E-state index in [9.17, 15) is 13.2 Å². The molecular weight excluding hydrogens is 360 g/mol. The lowest BCUT2D eigenvalue weighted by atomic mass is 9.94. The molecule has 1 unspecified atom stereocenters. The van der Waals surface area contributed by atoms with E-state index in [2.05, 4.69) is 18.7 Å². The SMILES string of the molecule is Cc1ccc(S(=O)(=O)N2CCC(C(=O)N3CCCC3C(C)C)CC2)cc1C. The number of piperidine rings is 1. The van der Waals surface area contributed by atoms with E-state index in [0.29, 0.717) is 42.8 Å². The molecular formula is C21H32N2O3S. The Morgan fingerprint density at radius 1 is 1.04 bits per heavy atom. The van der Waals surface area contributed by atoms with Crippen LogP contribution in [0.15, 0.2) is 23.1 Å². The van der Waals surface area contributed by atoms with E-state index in [1.54, 1.807) is 16.4 Å². The quantitative estimate of drug-likeness (QED) is 0.789. The van der Waals surface area contributed by atoms with E-state index in [0.717, 1.165) is 30.5 Å². The summed E-state index contributed by atoms with van der Waals surface area (Å²) in [6.45, 7) is 9.95. The third-order valence-electron chi connectivity index (χ3n) is 6.27. The van der Waals surface area contributed by atoms with Gasteiger partial charge in [-0.15, -0.1) is 0 Å². The first-order valence-electron chi connectivity index (χ1n) is 10.1. The number of amides is 1. The number of benzene rings is 1. The molecule has 2 fully saturated rings. The lowest BCUT2D eigenvalue weighted by Crippen LogP contribution is -2.46. The Bertz CT molecular complexity index is 796. The van der Waals surface area contributed by atoms with Crippen molar-refractivity contribution in [1.82, 2.24) is 9.21 Å². The van der Waals surface area contributed by atoms with Gasteiger partial charge in [-0.3, -0.25) is 4.79 Å². The summed E-state index contributed by atoms with van der Waals surface area (Å²) in [7, 11) is -3.49. The number of hydrogen-bond donors (Lipinski definition) is 0. The maximum Gasteiger partial charge on any atom is 0.243 e. The number of sulfonamides is 1. The van der Waals surface area contributed by atoms with Crippen molar-refractivity contribution in [3.05, 3.63) is 29.3 Å². The maximum absolute atomic E-state index is 13.0. The third kappa shape index (κ3) is 4.06. The number of nitrogens with zero attached hydrogens (tertiary/aromatic N) is 2. The average Bonchev–Trinajstić information content (AvgIpc) is 3.13. The number of carbonyl (C=O) groups excluding carboxylic acids is 1. The van der Waals surface area contributed by atoms with Gasteiger partial charge < -0.3 is 4.90 Å². The van der Waals surface area contributed by atoms with E-state index in [1.165, 1.54) is 0 Å². The number of hydrogen-bond acceptors (Lipinski definition) is 3. The summed E-state index contributed by atoms with van der Waals surface area (Å²) < 4.78 is 27.5. The molecule has 2 aliphatic heterocycles. The second-order valence-corrected chi connectivity index (χ2v) is 10.3. The van der Waals surface area contributed by atoms with Gasteiger partial charge in [-0.1, -0.05) is 19.9 Å². The molecule has 2 saturated heterocycles. The van der Waals surface area contributed by atoms with Gasteiger partial charge in [0, 0.05) is 31.6 Å². The average molecular weight is 393 g/mol. The molecule has 150 valence electrons. The second-order valence-electron chi connectivity index (χ2n) is 8.41. The molecule has 1 aromatic rings. The Balaban J connectivity index is 1.66. The molecule has 1 aromatic carbocycles. The van der Waals surface area contributed by atoms with Crippen LogP contribution < -0.4 is 0 Å². The first kappa shape index (κ1) is 20.3. The summed E-state index contributed by atoms with van der Waals surface area (Å²) in [4.78, 5) is 15.4. The molecule has 2 heterocycles. The van der Waals surface area contributed by atoms with Crippen LogP contribution in [0.3, 0.4) is 0 Å². The first-order valence-corrected chi connectivity index (χ1v) is 11.5. The van der Waals surface area contributed by atoms with Crippen LogP contribution in [0, 0.1) is 25.7 Å². The van der Waals surface area contributed by atoms with Gasteiger partial charge >= 0.3 is 0 Å². The molecule has 0 aromatic heterocycles. The van der Waals surface area contributed by atoms with E-state index in [-0.39, 0.29) is 11.8 Å². The van der Waals surface area contributed by atoms with Crippen molar-refractivity contribution >= 4 is 15.9 Å². The van der Waals surface area contributed by atoms with Crippen LogP contribution in [0.5, 0.6) is 0 Å². The number of carbonyl (C=O) groups is 1. The van der Waals surface area contributed by atoms with Crippen molar-refractivity contribution < 1.29 is 13.2 Å². The van der Waals surface area contributed by atoms with Crippen LogP contribution in [0.25, 0.3) is 0 Å². The second kappa shape index (κ2) is 7.92. The van der Waals surface area contributed by atoms with Crippen molar-refractivity contribution in [2.75, 3.05) is 19.6 Å². The monoisotopic (exact) mass is 392 g/mol. The van der Waals surface area contributed by atoms with Gasteiger partial charge in [-0.2, -0.15) is 4.31 Å². The molecule has 0 bridgehead atoms. The molecule has 0 saturated carbocycles. The molecule has 2 aliphatic rings. The highest BCUT2D eigenvalue weighted by molar-refractivity contribution is 7.89. The highest BCUT2D eigenvalue weighted by Gasteiger charge is 2.37. The molecule has 0 spiro atoms. The van der Waals surface area contributed by atoms with Gasteiger partial charge in [0.25, 0.3) is 0 Å². The maximum atomic E-state index is 13.0. The summed E-state index contributed by atoms with van der Waals surface area (Å²) in [5.74, 6) is 0.659. The summed E-state index contributed by atoms with van der Waals surface area (Å²) in [5, 5.41) is 0. The van der Waals surface area contributed by atoms with Crippen LogP contribution in [0.1, 0.15) is 50.7 Å². The predicted octanol–water partition coefficient (Wildman–Crippen LogP) is 3.35. The molecule has 5 nitrogen and oxygen atoms in total. The van der Waals surface area contributed by atoms with Crippen molar-refractivity contribution in [3.63, 3.8) is 0 Å². The fraction of sp³-hybridized carbons (Fsp3) is 0.667. The Kier molecular flexibility index (Phi) is 5.96. The zero-order chi connectivity index (χ0) is 19.8. The molecule has 0 radical (unpaired) electrons. The molecule has 1 amide bonds. The molecule has 3 rings (SSSR count). The molecule has 6 heteroatoms. The Morgan fingerprint density at radius 3 is 2.30 bits per heavy atom. The number of aryl methyl sites for hydroxylation is 2. The topological polar surface area (TPSA) is 57.7 Å². The Morgan fingerprint density at radius 2 is 1.70 bits per heavy atom. The minimum atomic E-state index is -3.49. The highest BCUT2D eigenvalue weighted by atomic mass is 32.2. The zero-order valence-corrected chi connectivity index (χ0v) is 17.8. The van der Waals surface area contributed by atoms with Crippen LogP contribution in [-0.2, 0) is 14.8 Å². The molecule has 27 heavy (non-hydrogen) atoms. The van der Waals surface area contributed by atoms with Crippen molar-refractivity contribution in [2.45, 2.75) is 64.3 Å². The predicted molar refractivity (Wildman–Crippen MR) is 107 cm³/mol. The lowest BCUT2D eigenvalue weighted by molar-refractivity contribution is -0.138. The van der Waals surface area contributed by atoms with Crippen molar-refractivity contribution in [2.24, 2.45) is 11.8 Å². The molecule has 1 atom stereocenters. The highest BCUT2D eigenvalue weighted by Crippen LogP contribution is 2.30. The largest absolute Gasteiger partial charge is 0.339 e. The van der Waals surface area contributed by atoms with E-state index in [4.69, 9.17) is 0 Å². The number of likely N-dealkylation sites (tertiary alicyclic amines) is 1. The van der Waals surface area contributed by atoms with Crippen molar-refractivity contribution in [1.29, 1.82) is 0 Å². The van der Waals surface area contributed by atoms with Crippen LogP contribution in [-0.4, -0.2) is 49.2 Å². The minimum Gasteiger partial charge on any atom is -0.339 e. The zero-order valence-electron chi connectivity index (χ0n) is 16.9. The fourth-order valence-electron chi connectivity index (χ4n) is 4.36. The fourth-order valence-corrected chi connectivity index (χ4v) is 5.92. The van der Waals surface area contributed by atoms with Crippen molar-refractivity contribution in [3.8, 4) is 0 Å².